The standard InChI is InChI=1S/C17H17N5O3S/c1-12(23)19-16-11-15(22(2)20-16)14-9-6-10-18-17(14)21-26(24,25)13-7-4-3-5-8-13/h3-11H,1-2H3,(H,18,21)(H,19,20,23). The van der Waals surface area contributed by atoms with Crippen molar-refractivity contribution >= 4 is 27.6 Å². The number of hydrogen-bond acceptors (Lipinski definition) is 5. The molecule has 0 aliphatic carbocycles. The number of rotatable bonds is 5. The molecule has 0 bridgehead atoms. The first kappa shape index (κ1) is 17.6. The molecule has 1 amide bonds. The van der Waals surface area contributed by atoms with Crippen LogP contribution in [-0.2, 0) is 21.9 Å². The fourth-order valence-corrected chi connectivity index (χ4v) is 3.49. The molecular formula is C17H17N5O3S. The molecule has 3 rings (SSSR count). The number of hydrogen-bond donors (Lipinski definition) is 2. The Labute approximate surface area is 150 Å². The van der Waals surface area contributed by atoms with Gasteiger partial charge in [-0.1, -0.05) is 18.2 Å². The molecule has 26 heavy (non-hydrogen) atoms. The zero-order valence-electron chi connectivity index (χ0n) is 14.2. The van der Waals surface area contributed by atoms with E-state index < -0.39 is 10.0 Å². The summed E-state index contributed by atoms with van der Waals surface area (Å²) in [6.07, 6.45) is 1.50. The van der Waals surface area contributed by atoms with Gasteiger partial charge in [0, 0.05) is 31.8 Å². The van der Waals surface area contributed by atoms with Crippen molar-refractivity contribution in [2.75, 3.05) is 10.0 Å². The largest absolute Gasteiger partial charge is 0.309 e. The summed E-state index contributed by atoms with van der Waals surface area (Å²) < 4.78 is 29.2. The van der Waals surface area contributed by atoms with E-state index in [1.54, 1.807) is 48.1 Å². The van der Waals surface area contributed by atoms with Crippen LogP contribution in [0.3, 0.4) is 0 Å². The highest BCUT2D eigenvalue weighted by Gasteiger charge is 2.19. The third-order valence-electron chi connectivity index (χ3n) is 3.55. The average molecular weight is 371 g/mol. The maximum absolute atomic E-state index is 12.6. The van der Waals surface area contributed by atoms with E-state index in [-0.39, 0.29) is 16.6 Å². The van der Waals surface area contributed by atoms with Crippen LogP contribution in [0, 0.1) is 0 Å². The SMILES string of the molecule is CC(=O)Nc1cc(-c2cccnc2NS(=O)(=O)c2ccccc2)n(C)n1. The number of nitrogens with one attached hydrogen (secondary N) is 2. The second-order valence-electron chi connectivity index (χ2n) is 5.54. The van der Waals surface area contributed by atoms with Crippen LogP contribution in [0.5, 0.6) is 0 Å². The van der Waals surface area contributed by atoms with Crippen molar-refractivity contribution in [3.05, 3.63) is 54.7 Å². The van der Waals surface area contributed by atoms with Crippen molar-refractivity contribution in [1.82, 2.24) is 14.8 Å². The fraction of sp³-hybridized carbons (Fsp3) is 0.118. The van der Waals surface area contributed by atoms with E-state index in [0.29, 0.717) is 17.1 Å². The van der Waals surface area contributed by atoms with Crippen molar-refractivity contribution in [3.8, 4) is 11.3 Å². The summed E-state index contributed by atoms with van der Waals surface area (Å²) in [5.74, 6) is 0.301. The molecule has 0 saturated heterocycles. The van der Waals surface area contributed by atoms with Crippen LogP contribution in [-0.4, -0.2) is 29.1 Å². The van der Waals surface area contributed by atoms with Crippen LogP contribution in [0.1, 0.15) is 6.92 Å². The topological polar surface area (TPSA) is 106 Å². The molecule has 0 fully saturated rings. The Morgan fingerprint density at radius 1 is 1.12 bits per heavy atom. The van der Waals surface area contributed by atoms with Gasteiger partial charge in [-0.05, 0) is 24.3 Å². The minimum absolute atomic E-state index is 0.139. The van der Waals surface area contributed by atoms with E-state index in [0.717, 1.165) is 0 Å². The first-order chi connectivity index (χ1) is 12.4. The van der Waals surface area contributed by atoms with E-state index in [2.05, 4.69) is 20.1 Å². The van der Waals surface area contributed by atoms with Gasteiger partial charge in [0.1, 0.15) is 5.82 Å². The maximum atomic E-state index is 12.6. The maximum Gasteiger partial charge on any atom is 0.263 e. The highest BCUT2D eigenvalue weighted by molar-refractivity contribution is 7.92. The van der Waals surface area contributed by atoms with Crippen LogP contribution < -0.4 is 10.0 Å². The van der Waals surface area contributed by atoms with Crippen LogP contribution in [0.4, 0.5) is 11.6 Å². The van der Waals surface area contributed by atoms with Crippen LogP contribution >= 0.6 is 0 Å². The van der Waals surface area contributed by atoms with Gasteiger partial charge >= 0.3 is 0 Å². The quantitative estimate of drug-likeness (QED) is 0.715. The molecule has 8 nitrogen and oxygen atoms in total. The number of sulfonamides is 1. The predicted molar refractivity (Wildman–Crippen MR) is 98.0 cm³/mol. The van der Waals surface area contributed by atoms with Gasteiger partial charge in [-0.3, -0.25) is 14.2 Å². The Bertz CT molecular complexity index is 1050. The molecule has 0 aliphatic heterocycles. The molecule has 1 aromatic carbocycles. The number of pyridine rings is 1. The van der Waals surface area contributed by atoms with Gasteiger partial charge in [0.2, 0.25) is 5.91 Å². The van der Waals surface area contributed by atoms with Gasteiger partial charge in [-0.2, -0.15) is 5.10 Å². The first-order valence-corrected chi connectivity index (χ1v) is 9.20. The van der Waals surface area contributed by atoms with Crippen molar-refractivity contribution in [2.45, 2.75) is 11.8 Å². The Hall–Kier alpha value is -3.20. The summed E-state index contributed by atoms with van der Waals surface area (Å²) in [4.78, 5) is 15.5. The Morgan fingerprint density at radius 2 is 1.85 bits per heavy atom. The highest BCUT2D eigenvalue weighted by Crippen LogP contribution is 2.29. The number of benzene rings is 1. The predicted octanol–water partition coefficient (Wildman–Crippen LogP) is 2.24. The van der Waals surface area contributed by atoms with Crippen molar-refractivity contribution < 1.29 is 13.2 Å². The summed E-state index contributed by atoms with van der Waals surface area (Å²) in [5.41, 5.74) is 1.14. The summed E-state index contributed by atoms with van der Waals surface area (Å²) in [6.45, 7) is 1.39. The number of nitrogens with zero attached hydrogens (tertiary/aromatic N) is 3. The summed E-state index contributed by atoms with van der Waals surface area (Å²) in [5, 5.41) is 6.80. The molecule has 2 heterocycles. The molecule has 134 valence electrons. The van der Waals surface area contributed by atoms with Crippen molar-refractivity contribution in [2.24, 2.45) is 7.05 Å². The Morgan fingerprint density at radius 3 is 2.54 bits per heavy atom. The Balaban J connectivity index is 2.00. The minimum Gasteiger partial charge on any atom is -0.309 e. The number of amides is 1. The molecule has 3 aromatic rings. The monoisotopic (exact) mass is 371 g/mol. The smallest absolute Gasteiger partial charge is 0.263 e. The molecule has 2 aromatic heterocycles. The molecule has 0 spiro atoms. The molecule has 0 saturated carbocycles. The van der Waals surface area contributed by atoms with E-state index in [4.69, 9.17) is 0 Å². The molecule has 0 aliphatic rings. The van der Waals surface area contributed by atoms with Gasteiger partial charge < -0.3 is 5.32 Å². The van der Waals surface area contributed by atoms with E-state index in [9.17, 15) is 13.2 Å². The van der Waals surface area contributed by atoms with Crippen LogP contribution in [0.15, 0.2) is 59.6 Å². The lowest BCUT2D eigenvalue weighted by atomic mass is 10.2. The summed E-state index contributed by atoms with van der Waals surface area (Å²) in [7, 11) is -2.08. The molecule has 0 atom stereocenters. The summed E-state index contributed by atoms with van der Waals surface area (Å²) in [6, 6.07) is 13.1. The molecular weight excluding hydrogens is 354 g/mol. The normalized spacial score (nSPS) is 11.2. The van der Waals surface area contributed by atoms with E-state index in [1.165, 1.54) is 25.3 Å². The number of carbonyl (C=O) groups is 1. The molecule has 9 heteroatoms. The van der Waals surface area contributed by atoms with Crippen LogP contribution in [0.2, 0.25) is 0 Å². The van der Waals surface area contributed by atoms with Gasteiger partial charge in [-0.25, -0.2) is 13.4 Å². The van der Waals surface area contributed by atoms with Gasteiger partial charge in [0.05, 0.1) is 10.6 Å². The summed E-state index contributed by atoms with van der Waals surface area (Å²) >= 11 is 0. The third-order valence-corrected chi connectivity index (χ3v) is 4.91. The minimum atomic E-state index is -3.78. The van der Waals surface area contributed by atoms with Gasteiger partial charge in [0.25, 0.3) is 10.0 Å². The number of anilines is 2. The lowest BCUT2D eigenvalue weighted by Gasteiger charge is -2.11. The van der Waals surface area contributed by atoms with E-state index >= 15 is 0 Å². The third kappa shape index (κ3) is 3.72. The molecule has 0 radical (unpaired) electrons. The van der Waals surface area contributed by atoms with Gasteiger partial charge in [0.15, 0.2) is 5.82 Å². The van der Waals surface area contributed by atoms with Crippen molar-refractivity contribution in [1.29, 1.82) is 0 Å². The number of aryl methyl sites for hydroxylation is 1. The molecule has 0 unspecified atom stereocenters. The first-order valence-electron chi connectivity index (χ1n) is 7.72. The van der Waals surface area contributed by atoms with Gasteiger partial charge in [-0.15, -0.1) is 0 Å². The number of aromatic nitrogens is 3. The lowest BCUT2D eigenvalue weighted by Crippen LogP contribution is -2.14. The number of carbonyl (C=O) groups excluding carboxylic acids is 1. The second kappa shape index (κ2) is 6.96. The fourth-order valence-electron chi connectivity index (χ4n) is 2.44. The zero-order chi connectivity index (χ0) is 18.7. The Kier molecular flexibility index (Phi) is 4.72. The second-order valence-corrected chi connectivity index (χ2v) is 7.22. The molecule has 2 N–H and O–H groups in total. The van der Waals surface area contributed by atoms with E-state index in [1.807, 2.05) is 0 Å². The van der Waals surface area contributed by atoms with Crippen LogP contribution in [0.25, 0.3) is 11.3 Å². The zero-order valence-corrected chi connectivity index (χ0v) is 15.0. The lowest BCUT2D eigenvalue weighted by molar-refractivity contribution is -0.114. The van der Waals surface area contributed by atoms with Crippen molar-refractivity contribution in [3.63, 3.8) is 0 Å². The highest BCUT2D eigenvalue weighted by atomic mass is 32.2. The average Bonchev–Trinajstić information content (AvgIpc) is 2.95.